The zero-order valence-corrected chi connectivity index (χ0v) is 18.8. The molecule has 1 unspecified atom stereocenters. The molecule has 2 amide bonds. The number of nitrogens with one attached hydrogen (secondary N) is 2. The van der Waals surface area contributed by atoms with Gasteiger partial charge in [0.25, 0.3) is 0 Å². The van der Waals surface area contributed by atoms with E-state index in [9.17, 15) is 9.59 Å². The predicted octanol–water partition coefficient (Wildman–Crippen LogP) is 3.71. The molecule has 1 aromatic carbocycles. The number of amides is 2. The maximum Gasteiger partial charge on any atom is 0.248 e. The van der Waals surface area contributed by atoms with E-state index >= 15 is 0 Å². The van der Waals surface area contributed by atoms with Crippen molar-refractivity contribution in [2.45, 2.75) is 40.5 Å². The van der Waals surface area contributed by atoms with Crippen LogP contribution in [0.4, 0.5) is 5.69 Å². The summed E-state index contributed by atoms with van der Waals surface area (Å²) in [5.41, 5.74) is 13.8. The first-order chi connectivity index (χ1) is 14.8. The summed E-state index contributed by atoms with van der Waals surface area (Å²) in [5, 5.41) is 11.5. The Kier molecular flexibility index (Phi) is 11.0. The fraction of sp³-hybridized carbons (Fsp3) is 0.375. The van der Waals surface area contributed by atoms with Gasteiger partial charge < -0.3 is 21.5 Å². The molecule has 1 aromatic rings. The third kappa shape index (κ3) is 7.86. The van der Waals surface area contributed by atoms with Gasteiger partial charge in [-0.05, 0) is 55.7 Å². The van der Waals surface area contributed by atoms with E-state index in [-0.39, 0.29) is 23.1 Å². The van der Waals surface area contributed by atoms with Gasteiger partial charge in [0.1, 0.15) is 0 Å². The molecule has 1 atom stereocenters. The molecule has 7 nitrogen and oxygen atoms in total. The Morgan fingerprint density at radius 1 is 1.29 bits per heavy atom. The van der Waals surface area contributed by atoms with Crippen LogP contribution in [0.1, 0.15) is 56.5 Å². The van der Waals surface area contributed by atoms with Gasteiger partial charge in [0.05, 0.1) is 5.71 Å². The Bertz CT molecular complexity index is 885. The Balaban J connectivity index is 0.00000233. The molecule has 168 valence electrons. The van der Waals surface area contributed by atoms with Crippen molar-refractivity contribution >= 4 is 23.2 Å². The largest absolute Gasteiger partial charge is 0.398 e. The highest BCUT2D eigenvalue weighted by molar-refractivity contribution is 6.16. The van der Waals surface area contributed by atoms with Gasteiger partial charge >= 0.3 is 0 Å². The smallest absolute Gasteiger partial charge is 0.248 e. The van der Waals surface area contributed by atoms with Gasteiger partial charge in [0, 0.05) is 41.6 Å². The number of hydrogen-bond acceptors (Lipinski definition) is 5. The zero-order chi connectivity index (χ0) is 23.4. The van der Waals surface area contributed by atoms with E-state index in [1.54, 1.807) is 12.1 Å². The van der Waals surface area contributed by atoms with E-state index in [2.05, 4.69) is 5.32 Å². The number of rotatable bonds is 9. The molecule has 0 radical (unpaired) electrons. The first-order valence-corrected chi connectivity index (χ1v) is 10.6. The first kappa shape index (κ1) is 25.8. The van der Waals surface area contributed by atoms with Gasteiger partial charge in [-0.15, -0.1) is 0 Å². The number of nitrogens with two attached hydrogens (primary N) is 2. The molecule has 0 spiro atoms. The van der Waals surface area contributed by atoms with Crippen LogP contribution in [0, 0.1) is 11.3 Å². The second kappa shape index (κ2) is 13.2. The molecule has 0 saturated heterocycles. The quantitative estimate of drug-likeness (QED) is 0.272. The second-order valence-corrected chi connectivity index (χ2v) is 6.81. The minimum atomic E-state index is -0.583. The van der Waals surface area contributed by atoms with Crippen LogP contribution in [-0.2, 0) is 9.53 Å². The summed E-state index contributed by atoms with van der Waals surface area (Å²) >= 11 is 0. The van der Waals surface area contributed by atoms with E-state index in [4.69, 9.17) is 21.6 Å². The molecule has 1 aliphatic rings. The highest BCUT2D eigenvalue weighted by Crippen LogP contribution is 2.21. The van der Waals surface area contributed by atoms with Crippen molar-refractivity contribution in [3.63, 3.8) is 0 Å². The Morgan fingerprint density at radius 3 is 2.65 bits per heavy atom. The minimum Gasteiger partial charge on any atom is -0.398 e. The lowest BCUT2D eigenvalue weighted by molar-refractivity contribution is -0.124. The Labute approximate surface area is 184 Å². The van der Waals surface area contributed by atoms with Crippen LogP contribution < -0.4 is 16.8 Å². The summed E-state index contributed by atoms with van der Waals surface area (Å²) in [6.45, 7) is 8.93. The number of carbonyl (C=O) groups excluding carboxylic acids is 2. The van der Waals surface area contributed by atoms with Crippen molar-refractivity contribution in [3.8, 4) is 0 Å². The molecule has 0 aromatic heterocycles. The third-order valence-corrected chi connectivity index (χ3v) is 4.59. The lowest BCUT2D eigenvalue weighted by Gasteiger charge is -2.14. The molecule has 1 aliphatic carbocycles. The second-order valence-electron chi connectivity index (χ2n) is 6.81. The fourth-order valence-corrected chi connectivity index (χ4v) is 2.80. The van der Waals surface area contributed by atoms with E-state index in [0.29, 0.717) is 48.6 Å². The maximum absolute atomic E-state index is 12.5. The summed E-state index contributed by atoms with van der Waals surface area (Å²) in [6, 6.07) is 4.61. The SMILES string of the molecule is CC.CCOCCC(C)C(=O)NC1=CC(C(=N)c2cc(C(N)=O)ccc2N)=CCC=C1. The minimum absolute atomic E-state index is 0.108. The number of carbonyl (C=O) groups is 2. The molecular formula is C24H34N4O3. The summed E-state index contributed by atoms with van der Waals surface area (Å²) in [4.78, 5) is 23.9. The van der Waals surface area contributed by atoms with E-state index < -0.39 is 5.91 Å². The van der Waals surface area contributed by atoms with Crippen LogP contribution in [0.5, 0.6) is 0 Å². The highest BCUT2D eigenvalue weighted by atomic mass is 16.5. The van der Waals surface area contributed by atoms with Gasteiger partial charge in [-0.3, -0.25) is 15.0 Å². The lowest BCUT2D eigenvalue weighted by Crippen LogP contribution is -2.29. The molecular weight excluding hydrogens is 392 g/mol. The summed E-state index contributed by atoms with van der Waals surface area (Å²) in [5.74, 6) is -0.891. The van der Waals surface area contributed by atoms with Gasteiger partial charge in [-0.2, -0.15) is 0 Å². The van der Waals surface area contributed by atoms with E-state index in [1.807, 2.05) is 45.9 Å². The molecule has 0 fully saturated rings. The van der Waals surface area contributed by atoms with Crippen LogP contribution in [0.3, 0.4) is 0 Å². The molecule has 2 rings (SSSR count). The van der Waals surface area contributed by atoms with Crippen molar-refractivity contribution < 1.29 is 14.3 Å². The predicted molar refractivity (Wildman–Crippen MR) is 126 cm³/mol. The van der Waals surface area contributed by atoms with Gasteiger partial charge in [-0.1, -0.05) is 32.9 Å². The average molecular weight is 427 g/mol. The van der Waals surface area contributed by atoms with Crippen molar-refractivity contribution in [2.24, 2.45) is 11.7 Å². The monoisotopic (exact) mass is 426 g/mol. The average Bonchev–Trinajstić information content (AvgIpc) is 3.00. The normalized spacial score (nSPS) is 13.7. The van der Waals surface area contributed by atoms with Gasteiger partial charge in [0.2, 0.25) is 11.8 Å². The Hall–Kier alpha value is -3.19. The highest BCUT2D eigenvalue weighted by Gasteiger charge is 2.16. The Morgan fingerprint density at radius 2 is 2.00 bits per heavy atom. The van der Waals surface area contributed by atoms with Gasteiger partial charge in [0.15, 0.2) is 0 Å². The summed E-state index contributed by atoms with van der Waals surface area (Å²) in [7, 11) is 0. The van der Waals surface area contributed by atoms with Crippen molar-refractivity contribution in [1.29, 1.82) is 5.41 Å². The number of allylic oxidation sites excluding steroid dienone is 5. The number of benzene rings is 1. The van der Waals surface area contributed by atoms with Gasteiger partial charge in [-0.25, -0.2) is 0 Å². The van der Waals surface area contributed by atoms with Crippen LogP contribution >= 0.6 is 0 Å². The van der Waals surface area contributed by atoms with Crippen LogP contribution in [0.25, 0.3) is 0 Å². The molecule has 0 aliphatic heterocycles. The fourth-order valence-electron chi connectivity index (χ4n) is 2.80. The van der Waals surface area contributed by atoms with Crippen molar-refractivity contribution in [2.75, 3.05) is 18.9 Å². The summed E-state index contributed by atoms with van der Waals surface area (Å²) < 4.78 is 5.31. The molecule has 7 heteroatoms. The molecule has 0 heterocycles. The molecule has 0 bridgehead atoms. The number of ether oxygens (including phenoxy) is 1. The van der Waals surface area contributed by atoms with Crippen molar-refractivity contribution in [3.05, 3.63) is 64.9 Å². The van der Waals surface area contributed by atoms with Crippen LogP contribution in [-0.4, -0.2) is 30.7 Å². The number of anilines is 1. The van der Waals surface area contributed by atoms with Crippen molar-refractivity contribution in [1.82, 2.24) is 5.32 Å². The molecule has 0 saturated carbocycles. The zero-order valence-electron chi connectivity index (χ0n) is 18.8. The van der Waals surface area contributed by atoms with Crippen LogP contribution in [0.15, 0.2) is 53.8 Å². The number of primary amides is 1. The molecule has 31 heavy (non-hydrogen) atoms. The topological polar surface area (TPSA) is 131 Å². The van der Waals surface area contributed by atoms with E-state index in [1.165, 1.54) is 12.1 Å². The maximum atomic E-state index is 12.5. The number of nitrogen functional groups attached to an aromatic ring is 1. The summed E-state index contributed by atoms with van der Waals surface area (Å²) in [6.07, 6.45) is 8.55. The standard InChI is InChI=1S/C22H28N4O3.C2H6/c1-3-29-11-10-14(2)22(28)26-17-7-5-4-6-15(12-17)20(24)18-13-16(21(25)27)8-9-19(18)23;1-2/h5-9,12-14,24H,3-4,10-11,23H2,1-2H3,(H2,25,27)(H,26,28);1-2H3. The lowest BCUT2D eigenvalue weighted by atomic mass is 9.97. The first-order valence-electron chi connectivity index (χ1n) is 10.6. The third-order valence-electron chi connectivity index (χ3n) is 4.59. The van der Waals surface area contributed by atoms with Crippen LogP contribution in [0.2, 0.25) is 0 Å². The van der Waals surface area contributed by atoms with E-state index in [0.717, 1.165) is 0 Å². The number of hydrogen-bond donors (Lipinski definition) is 4. The molecule has 6 N–H and O–H groups in total.